The summed E-state index contributed by atoms with van der Waals surface area (Å²) in [6.07, 6.45) is 2.17. The molecule has 1 aromatic heterocycles. The second-order valence-electron chi connectivity index (χ2n) is 10.5. The van der Waals surface area contributed by atoms with Gasteiger partial charge in [0.1, 0.15) is 9.35 Å². The third kappa shape index (κ3) is 6.29. The molecule has 1 aliphatic carbocycles. The quantitative estimate of drug-likeness (QED) is 0.291. The molecule has 1 fully saturated rings. The zero-order valence-corrected chi connectivity index (χ0v) is 22.0. The molecule has 0 aliphatic heterocycles. The van der Waals surface area contributed by atoms with Gasteiger partial charge in [-0.05, 0) is 91.6 Å². The lowest BCUT2D eigenvalue weighted by molar-refractivity contribution is 0.0907. The van der Waals surface area contributed by atoms with Crippen molar-refractivity contribution in [2.24, 2.45) is 11.8 Å². The minimum atomic E-state index is -1.70. The molecule has 1 N–H and O–H groups in total. The van der Waals surface area contributed by atoms with Gasteiger partial charge in [0.15, 0.2) is 8.32 Å². The predicted octanol–water partition coefficient (Wildman–Crippen LogP) is 5.99. The fourth-order valence-electron chi connectivity index (χ4n) is 3.03. The summed E-state index contributed by atoms with van der Waals surface area (Å²) in [6, 6.07) is 5.96. The van der Waals surface area contributed by atoms with Gasteiger partial charge >= 0.3 is 0 Å². The highest BCUT2D eigenvalue weighted by Crippen LogP contribution is 2.44. The van der Waals surface area contributed by atoms with Crippen molar-refractivity contribution < 1.29 is 8.98 Å². The van der Waals surface area contributed by atoms with Gasteiger partial charge in [-0.15, -0.1) is 4.72 Å². The lowest BCUT2D eigenvalue weighted by Gasteiger charge is -2.43. The summed E-state index contributed by atoms with van der Waals surface area (Å²) in [5.74, 6) is 1.01. The maximum atomic E-state index is 12.8. The molecule has 1 aromatic rings. The largest absolute Gasteiger partial charge is 0.598 e. The molecular weight excluding hydrogens is 452 g/mol. The van der Waals surface area contributed by atoms with E-state index >= 15 is 0 Å². The number of pyridine rings is 1. The Balaban J connectivity index is 2.02. The second kappa shape index (κ2) is 9.06. The molecular formula is C21H37BrN2O2SSi. The van der Waals surface area contributed by atoms with Crippen molar-refractivity contribution in [2.45, 2.75) is 83.3 Å². The van der Waals surface area contributed by atoms with Crippen LogP contribution in [0.15, 0.2) is 22.8 Å². The molecule has 2 rings (SSSR count). The zero-order chi connectivity index (χ0) is 21.3. The first-order valence-corrected chi connectivity index (χ1v) is 15.0. The van der Waals surface area contributed by atoms with Crippen molar-refractivity contribution in [3.8, 4) is 0 Å². The Labute approximate surface area is 184 Å². The van der Waals surface area contributed by atoms with Crippen LogP contribution in [0.4, 0.5) is 0 Å². The van der Waals surface area contributed by atoms with E-state index in [1.54, 1.807) is 0 Å². The molecule has 28 heavy (non-hydrogen) atoms. The van der Waals surface area contributed by atoms with E-state index in [1.165, 1.54) is 0 Å². The molecule has 0 saturated heterocycles. The zero-order valence-electron chi connectivity index (χ0n) is 18.6. The Kier molecular flexibility index (Phi) is 7.88. The van der Waals surface area contributed by atoms with E-state index in [1.807, 2.05) is 39.0 Å². The Hall–Kier alpha value is 0.0769. The van der Waals surface area contributed by atoms with Crippen LogP contribution in [0.1, 0.15) is 66.1 Å². The Morgan fingerprint density at radius 3 is 2.36 bits per heavy atom. The van der Waals surface area contributed by atoms with Gasteiger partial charge in [0.05, 0.1) is 11.7 Å². The second-order valence-corrected chi connectivity index (χ2v) is 18.2. The van der Waals surface area contributed by atoms with Crippen LogP contribution >= 0.6 is 15.9 Å². The first kappa shape index (κ1) is 24.3. The van der Waals surface area contributed by atoms with Gasteiger partial charge in [-0.3, -0.25) is 0 Å². The van der Waals surface area contributed by atoms with Gasteiger partial charge in [0, 0.05) is 18.0 Å². The SMILES string of the molecule is CC(C)(C)[S+]([O-])NC(c1cccc(Br)n1)C1CC(CO[Si](C)(C)C(C)(C)C)C1. The molecule has 2 atom stereocenters. The molecule has 160 valence electrons. The molecule has 1 saturated carbocycles. The molecule has 1 aliphatic rings. The summed E-state index contributed by atoms with van der Waals surface area (Å²) < 4.78 is 23.1. The van der Waals surface area contributed by atoms with Crippen molar-refractivity contribution >= 4 is 35.6 Å². The van der Waals surface area contributed by atoms with Crippen LogP contribution in [-0.4, -0.2) is 29.2 Å². The van der Waals surface area contributed by atoms with E-state index in [2.05, 4.69) is 59.5 Å². The third-order valence-corrected chi connectivity index (χ3v) is 12.6. The normalized spacial score (nSPS) is 23.2. The Morgan fingerprint density at radius 2 is 1.86 bits per heavy atom. The summed E-state index contributed by atoms with van der Waals surface area (Å²) in [6.45, 7) is 18.3. The van der Waals surface area contributed by atoms with E-state index in [0.29, 0.717) is 11.8 Å². The fraction of sp³-hybridized carbons (Fsp3) is 0.762. The molecule has 0 radical (unpaired) electrons. The lowest BCUT2D eigenvalue weighted by atomic mass is 9.71. The van der Waals surface area contributed by atoms with E-state index in [-0.39, 0.29) is 15.8 Å². The lowest BCUT2D eigenvalue weighted by Crippen LogP contribution is -2.47. The first-order valence-electron chi connectivity index (χ1n) is 10.1. The number of nitrogens with zero attached hydrogens (tertiary/aromatic N) is 1. The van der Waals surface area contributed by atoms with E-state index in [0.717, 1.165) is 29.7 Å². The number of nitrogens with one attached hydrogen (secondary N) is 1. The van der Waals surface area contributed by atoms with E-state index in [9.17, 15) is 4.55 Å². The molecule has 7 heteroatoms. The average molecular weight is 490 g/mol. The van der Waals surface area contributed by atoms with Crippen molar-refractivity contribution in [1.82, 2.24) is 9.71 Å². The summed E-state index contributed by atoms with van der Waals surface area (Å²) >= 11 is 2.34. The van der Waals surface area contributed by atoms with E-state index in [4.69, 9.17) is 4.43 Å². The van der Waals surface area contributed by atoms with Crippen LogP contribution < -0.4 is 4.72 Å². The Bertz CT molecular complexity index is 655. The van der Waals surface area contributed by atoms with Crippen molar-refractivity contribution in [3.63, 3.8) is 0 Å². The van der Waals surface area contributed by atoms with Gasteiger partial charge in [-0.25, -0.2) is 4.98 Å². The minimum Gasteiger partial charge on any atom is -0.598 e. The molecule has 0 bridgehead atoms. The monoisotopic (exact) mass is 488 g/mol. The van der Waals surface area contributed by atoms with Crippen LogP contribution in [0.5, 0.6) is 0 Å². The van der Waals surface area contributed by atoms with Gasteiger partial charge in [-0.1, -0.05) is 26.8 Å². The van der Waals surface area contributed by atoms with Gasteiger partial charge in [-0.2, -0.15) is 0 Å². The van der Waals surface area contributed by atoms with Crippen molar-refractivity contribution in [3.05, 3.63) is 28.5 Å². The van der Waals surface area contributed by atoms with E-state index < -0.39 is 19.7 Å². The summed E-state index contributed by atoms with van der Waals surface area (Å²) in [7, 11) is -1.70. The van der Waals surface area contributed by atoms with Gasteiger partial charge < -0.3 is 8.98 Å². The topological polar surface area (TPSA) is 57.2 Å². The Morgan fingerprint density at radius 1 is 1.25 bits per heavy atom. The highest BCUT2D eigenvalue weighted by Gasteiger charge is 2.43. The first-order chi connectivity index (χ1) is 12.7. The average Bonchev–Trinajstić information content (AvgIpc) is 2.49. The standard InChI is InChI=1S/C21H37BrN2O2SSi/c1-20(2,3)27(25)24-19(17-10-9-11-18(22)23-17)16-12-15(13-16)14-26-28(7,8)21(4,5)6/h9-11,15-16,19,24H,12-14H2,1-8H3. The predicted molar refractivity (Wildman–Crippen MR) is 125 cm³/mol. The maximum Gasteiger partial charge on any atom is 0.191 e. The highest BCUT2D eigenvalue weighted by molar-refractivity contribution is 9.10. The molecule has 1 heterocycles. The number of aromatic nitrogens is 1. The van der Waals surface area contributed by atoms with Crippen LogP contribution in [-0.2, 0) is 15.8 Å². The molecule has 4 nitrogen and oxygen atoms in total. The molecule has 2 unspecified atom stereocenters. The number of hydrogen-bond acceptors (Lipinski definition) is 4. The van der Waals surface area contributed by atoms with Gasteiger partial charge in [0.2, 0.25) is 0 Å². The van der Waals surface area contributed by atoms with Crippen molar-refractivity contribution in [1.29, 1.82) is 0 Å². The minimum absolute atomic E-state index is 0.00156. The van der Waals surface area contributed by atoms with Crippen LogP contribution in [0.25, 0.3) is 0 Å². The number of hydrogen-bond donors (Lipinski definition) is 1. The van der Waals surface area contributed by atoms with Gasteiger partial charge in [0.25, 0.3) is 0 Å². The molecule has 0 aromatic carbocycles. The van der Waals surface area contributed by atoms with Crippen LogP contribution in [0.2, 0.25) is 18.1 Å². The summed E-state index contributed by atoms with van der Waals surface area (Å²) in [5, 5.41) is 0.240. The smallest absolute Gasteiger partial charge is 0.191 e. The third-order valence-electron chi connectivity index (χ3n) is 6.08. The van der Waals surface area contributed by atoms with Crippen LogP contribution in [0.3, 0.4) is 0 Å². The number of rotatable bonds is 7. The number of halogens is 1. The molecule has 0 amide bonds. The summed E-state index contributed by atoms with van der Waals surface area (Å²) in [4.78, 5) is 4.65. The fourth-order valence-corrected chi connectivity index (χ4v) is 5.37. The summed E-state index contributed by atoms with van der Waals surface area (Å²) in [5.41, 5.74) is 0.959. The maximum absolute atomic E-state index is 12.8. The van der Waals surface area contributed by atoms with Crippen molar-refractivity contribution in [2.75, 3.05) is 6.61 Å². The van der Waals surface area contributed by atoms with Crippen LogP contribution in [0, 0.1) is 11.8 Å². The molecule has 0 spiro atoms. The highest BCUT2D eigenvalue weighted by atomic mass is 79.9.